The number of sulfonamides is 1. The van der Waals surface area contributed by atoms with Crippen molar-refractivity contribution >= 4 is 38.9 Å². The van der Waals surface area contributed by atoms with Gasteiger partial charge < -0.3 is 10.6 Å². The lowest BCUT2D eigenvalue weighted by atomic mass is 10.1. The van der Waals surface area contributed by atoms with Gasteiger partial charge in [-0.3, -0.25) is 4.79 Å². The van der Waals surface area contributed by atoms with Crippen LogP contribution in [0.5, 0.6) is 0 Å². The largest absolute Gasteiger partial charge is 0.416 e. The lowest BCUT2D eigenvalue weighted by molar-refractivity contribution is -0.137. The summed E-state index contributed by atoms with van der Waals surface area (Å²) < 4.78 is 65.4. The number of amides is 1. The molecule has 0 atom stereocenters. The first kappa shape index (κ1) is 27.2. The molecule has 0 fully saturated rings. The Morgan fingerprint density at radius 2 is 1.60 bits per heavy atom. The molecule has 2 aromatic carbocycles. The van der Waals surface area contributed by atoms with Crippen LogP contribution in [0.25, 0.3) is 0 Å². The molecule has 0 bridgehead atoms. The molecule has 0 aliphatic heterocycles. The third-order valence-corrected chi connectivity index (χ3v) is 8.15. The van der Waals surface area contributed by atoms with Gasteiger partial charge in [0.25, 0.3) is 5.91 Å². The SMILES string of the molecule is O=C(NCc1ccc(S(=O)(=O)NCCCNCc2ccc(C(F)(F)F)cc2)s1)c1ccc(Cl)cc1. The molecule has 0 radical (unpaired) electrons. The third-order valence-electron chi connectivity index (χ3n) is 4.86. The monoisotopic (exact) mass is 545 g/mol. The maximum atomic E-state index is 12.6. The van der Waals surface area contributed by atoms with Crippen LogP contribution in [0, 0.1) is 0 Å². The molecule has 3 N–H and O–H groups in total. The summed E-state index contributed by atoms with van der Waals surface area (Å²) in [6.45, 7) is 1.25. The van der Waals surface area contributed by atoms with E-state index in [1.807, 2.05) is 0 Å². The molecule has 3 aromatic rings. The molecule has 0 unspecified atom stereocenters. The maximum Gasteiger partial charge on any atom is 0.416 e. The lowest BCUT2D eigenvalue weighted by Crippen LogP contribution is -2.27. The summed E-state index contributed by atoms with van der Waals surface area (Å²) >= 11 is 6.88. The molecule has 0 saturated heterocycles. The fourth-order valence-corrected chi connectivity index (χ4v) is 5.54. The first-order chi connectivity index (χ1) is 16.5. The van der Waals surface area contributed by atoms with E-state index in [0.717, 1.165) is 23.5 Å². The number of hydrogen-bond donors (Lipinski definition) is 3. The van der Waals surface area contributed by atoms with Gasteiger partial charge in [0.1, 0.15) is 4.21 Å². The van der Waals surface area contributed by atoms with E-state index in [0.29, 0.717) is 40.5 Å². The van der Waals surface area contributed by atoms with E-state index in [9.17, 15) is 26.4 Å². The summed E-state index contributed by atoms with van der Waals surface area (Å²) in [5, 5.41) is 6.34. The minimum absolute atomic E-state index is 0.144. The van der Waals surface area contributed by atoms with Crippen molar-refractivity contribution in [3.05, 3.63) is 87.3 Å². The summed E-state index contributed by atoms with van der Waals surface area (Å²) in [4.78, 5) is 12.9. The Morgan fingerprint density at radius 3 is 2.26 bits per heavy atom. The summed E-state index contributed by atoms with van der Waals surface area (Å²) in [7, 11) is -3.69. The van der Waals surface area contributed by atoms with Gasteiger partial charge in [-0.2, -0.15) is 13.2 Å². The van der Waals surface area contributed by atoms with Crippen molar-refractivity contribution in [2.24, 2.45) is 0 Å². The second-order valence-electron chi connectivity index (χ2n) is 7.53. The number of alkyl halides is 3. The molecule has 0 aliphatic carbocycles. The Bertz CT molecular complexity index is 1230. The highest BCUT2D eigenvalue weighted by Crippen LogP contribution is 2.29. The number of carbonyl (C=O) groups is 1. The quantitative estimate of drug-likeness (QED) is 0.302. The summed E-state index contributed by atoms with van der Waals surface area (Å²) in [5.74, 6) is -0.290. The number of halogens is 4. The van der Waals surface area contributed by atoms with Gasteiger partial charge >= 0.3 is 6.18 Å². The molecule has 188 valence electrons. The van der Waals surface area contributed by atoms with Crippen molar-refractivity contribution < 1.29 is 26.4 Å². The first-order valence-corrected chi connectivity index (χ1v) is 13.2. The van der Waals surface area contributed by atoms with E-state index < -0.39 is 21.8 Å². The van der Waals surface area contributed by atoms with Gasteiger partial charge in [-0.05, 0) is 67.1 Å². The van der Waals surface area contributed by atoms with E-state index in [1.165, 1.54) is 18.2 Å². The number of hydrogen-bond acceptors (Lipinski definition) is 5. The summed E-state index contributed by atoms with van der Waals surface area (Å²) in [6.07, 6.45) is -3.87. The summed E-state index contributed by atoms with van der Waals surface area (Å²) in [5.41, 5.74) is 0.455. The lowest BCUT2D eigenvalue weighted by Gasteiger charge is -2.09. The van der Waals surface area contributed by atoms with Gasteiger partial charge in [0.15, 0.2) is 0 Å². The zero-order valence-corrected chi connectivity index (χ0v) is 20.8. The maximum absolute atomic E-state index is 12.6. The second kappa shape index (κ2) is 12.0. The molecule has 35 heavy (non-hydrogen) atoms. The highest BCUT2D eigenvalue weighted by atomic mass is 35.5. The molecule has 0 saturated carbocycles. The van der Waals surface area contributed by atoms with Gasteiger partial charge in [0.2, 0.25) is 10.0 Å². The number of benzene rings is 2. The van der Waals surface area contributed by atoms with E-state index in [2.05, 4.69) is 15.4 Å². The zero-order valence-electron chi connectivity index (χ0n) is 18.4. The van der Waals surface area contributed by atoms with Crippen molar-refractivity contribution in [3.8, 4) is 0 Å². The van der Waals surface area contributed by atoms with E-state index in [-0.39, 0.29) is 23.2 Å². The summed E-state index contributed by atoms with van der Waals surface area (Å²) in [6, 6.07) is 14.4. The predicted molar refractivity (Wildman–Crippen MR) is 130 cm³/mol. The van der Waals surface area contributed by atoms with Gasteiger partial charge in [-0.1, -0.05) is 23.7 Å². The standard InChI is InChI=1S/C23H23ClF3N3O3S2/c24-19-8-4-17(5-9-19)22(31)29-15-20-10-11-21(34-20)35(32,33)30-13-1-12-28-14-16-2-6-18(7-3-16)23(25,26)27/h2-11,28,30H,1,12-15H2,(H,29,31). The molecule has 0 aliphatic rings. The second-order valence-corrected chi connectivity index (χ2v) is 11.1. The van der Waals surface area contributed by atoms with Crippen LogP contribution in [0.4, 0.5) is 13.2 Å². The van der Waals surface area contributed by atoms with E-state index in [1.54, 1.807) is 30.3 Å². The molecule has 1 amide bonds. The normalized spacial score (nSPS) is 12.0. The molecule has 1 heterocycles. The van der Waals surface area contributed by atoms with Crippen LogP contribution in [0.2, 0.25) is 5.02 Å². The number of rotatable bonds is 11. The van der Waals surface area contributed by atoms with Crippen LogP contribution in [0.3, 0.4) is 0 Å². The van der Waals surface area contributed by atoms with Gasteiger partial charge in [0.05, 0.1) is 12.1 Å². The zero-order chi connectivity index (χ0) is 25.5. The average molecular weight is 546 g/mol. The van der Waals surface area contributed by atoms with Crippen LogP contribution in [0.15, 0.2) is 64.9 Å². The van der Waals surface area contributed by atoms with Crippen LogP contribution in [0.1, 0.15) is 32.8 Å². The van der Waals surface area contributed by atoms with Crippen LogP contribution in [-0.4, -0.2) is 27.4 Å². The topological polar surface area (TPSA) is 87.3 Å². The number of nitrogens with one attached hydrogen (secondary N) is 3. The predicted octanol–water partition coefficient (Wildman–Crippen LogP) is 4.81. The van der Waals surface area contributed by atoms with Gasteiger partial charge in [-0.25, -0.2) is 13.1 Å². The molecular weight excluding hydrogens is 523 g/mol. The van der Waals surface area contributed by atoms with Crippen molar-refractivity contribution in [2.45, 2.75) is 29.9 Å². The Morgan fingerprint density at radius 1 is 0.914 bits per heavy atom. The fraction of sp³-hybridized carbons (Fsp3) is 0.261. The van der Waals surface area contributed by atoms with Crippen molar-refractivity contribution in [1.29, 1.82) is 0 Å². The highest BCUT2D eigenvalue weighted by molar-refractivity contribution is 7.91. The van der Waals surface area contributed by atoms with Crippen LogP contribution in [-0.2, 0) is 29.3 Å². The molecule has 6 nitrogen and oxygen atoms in total. The highest BCUT2D eigenvalue weighted by Gasteiger charge is 2.29. The number of thiophene rings is 1. The molecule has 3 rings (SSSR count). The third kappa shape index (κ3) is 8.32. The van der Waals surface area contributed by atoms with Crippen molar-refractivity contribution in [2.75, 3.05) is 13.1 Å². The molecule has 1 aromatic heterocycles. The Hall–Kier alpha value is -2.44. The average Bonchev–Trinajstić information content (AvgIpc) is 3.30. The van der Waals surface area contributed by atoms with Crippen molar-refractivity contribution in [1.82, 2.24) is 15.4 Å². The van der Waals surface area contributed by atoms with Crippen LogP contribution >= 0.6 is 22.9 Å². The van der Waals surface area contributed by atoms with Crippen molar-refractivity contribution in [3.63, 3.8) is 0 Å². The Kier molecular flexibility index (Phi) is 9.31. The molecular formula is C23H23ClF3N3O3S2. The smallest absolute Gasteiger partial charge is 0.347 e. The number of carbonyl (C=O) groups excluding carboxylic acids is 1. The minimum Gasteiger partial charge on any atom is -0.347 e. The minimum atomic E-state index is -4.36. The fourth-order valence-electron chi connectivity index (χ4n) is 3.00. The Labute approximate surface area is 210 Å². The molecule has 12 heteroatoms. The van der Waals surface area contributed by atoms with Crippen LogP contribution < -0.4 is 15.4 Å². The Balaban J connectivity index is 1.38. The first-order valence-electron chi connectivity index (χ1n) is 10.5. The van der Waals surface area contributed by atoms with Gasteiger partial charge in [0, 0.05) is 28.6 Å². The van der Waals surface area contributed by atoms with Gasteiger partial charge in [-0.15, -0.1) is 11.3 Å². The molecule has 0 spiro atoms. The van der Waals surface area contributed by atoms with E-state index in [4.69, 9.17) is 11.6 Å². The van der Waals surface area contributed by atoms with E-state index >= 15 is 0 Å².